The number of nitrogens with one attached hydrogen (secondary N) is 2. The van der Waals surface area contributed by atoms with Gasteiger partial charge < -0.3 is 15.7 Å². The molecule has 1 aliphatic heterocycles. The van der Waals surface area contributed by atoms with Crippen LogP contribution >= 0.6 is 0 Å². The molecule has 0 radical (unpaired) electrons. The van der Waals surface area contributed by atoms with Gasteiger partial charge in [-0.15, -0.1) is 0 Å². The van der Waals surface area contributed by atoms with Crippen LogP contribution in [0.2, 0.25) is 0 Å². The number of nitrogens with zero attached hydrogens (tertiary/aromatic N) is 1. The summed E-state index contributed by atoms with van der Waals surface area (Å²) < 4.78 is 0. The molecule has 0 bridgehead atoms. The number of carbonyl (C=O) groups is 1. The zero-order chi connectivity index (χ0) is 16.0. The third-order valence-corrected chi connectivity index (χ3v) is 4.05. The molecule has 1 saturated heterocycles. The van der Waals surface area contributed by atoms with Crippen LogP contribution in [0.5, 0.6) is 0 Å². The number of carbonyl (C=O) groups excluding carboxylic acids is 1. The van der Waals surface area contributed by atoms with Crippen molar-refractivity contribution in [3.05, 3.63) is 0 Å². The molecule has 1 rings (SSSR count). The van der Waals surface area contributed by atoms with Gasteiger partial charge in [0.25, 0.3) is 0 Å². The van der Waals surface area contributed by atoms with Gasteiger partial charge in [0.15, 0.2) is 0 Å². The summed E-state index contributed by atoms with van der Waals surface area (Å²) in [5.74, 6) is 0.654. The monoisotopic (exact) mass is 299 g/mol. The fourth-order valence-corrected chi connectivity index (χ4v) is 2.60. The highest BCUT2D eigenvalue weighted by atomic mass is 16.3. The highest BCUT2D eigenvalue weighted by Gasteiger charge is 2.26. The standard InChI is InChI=1S/C16H33N3O2/c1-12(2)11-19-8-6-7-13(19)9-17-15(21)18-10-14(20)16(3,4)5/h12-14,20H,6-11H2,1-5H3,(H2,17,18,21)/t13-,14?/m0/s1. The highest BCUT2D eigenvalue weighted by molar-refractivity contribution is 5.73. The summed E-state index contributed by atoms with van der Waals surface area (Å²) in [4.78, 5) is 14.3. The lowest BCUT2D eigenvalue weighted by molar-refractivity contribution is 0.0649. The van der Waals surface area contributed by atoms with E-state index in [-0.39, 0.29) is 18.0 Å². The van der Waals surface area contributed by atoms with Crippen LogP contribution < -0.4 is 10.6 Å². The summed E-state index contributed by atoms with van der Waals surface area (Å²) in [7, 11) is 0. The largest absolute Gasteiger partial charge is 0.391 e. The van der Waals surface area contributed by atoms with Crippen molar-refractivity contribution in [2.24, 2.45) is 11.3 Å². The molecule has 1 heterocycles. The summed E-state index contributed by atoms with van der Waals surface area (Å²) in [6.45, 7) is 13.5. The summed E-state index contributed by atoms with van der Waals surface area (Å²) in [6, 6.07) is 0.264. The molecule has 124 valence electrons. The van der Waals surface area contributed by atoms with Crippen LogP contribution in [0.4, 0.5) is 4.79 Å². The van der Waals surface area contributed by atoms with Gasteiger partial charge in [-0.05, 0) is 30.7 Å². The first-order valence-corrected chi connectivity index (χ1v) is 8.14. The van der Waals surface area contributed by atoms with Crippen molar-refractivity contribution in [1.29, 1.82) is 0 Å². The minimum absolute atomic E-state index is 0.185. The molecule has 5 heteroatoms. The van der Waals surface area contributed by atoms with Crippen molar-refractivity contribution >= 4 is 6.03 Å². The summed E-state index contributed by atoms with van der Waals surface area (Å²) in [5.41, 5.74) is -0.215. The summed E-state index contributed by atoms with van der Waals surface area (Å²) >= 11 is 0. The molecular weight excluding hydrogens is 266 g/mol. The first-order chi connectivity index (χ1) is 9.70. The van der Waals surface area contributed by atoms with E-state index >= 15 is 0 Å². The van der Waals surface area contributed by atoms with E-state index in [2.05, 4.69) is 29.4 Å². The molecule has 0 aromatic heterocycles. The third-order valence-electron chi connectivity index (χ3n) is 4.05. The Morgan fingerprint density at radius 1 is 1.33 bits per heavy atom. The molecule has 0 saturated carbocycles. The average Bonchev–Trinajstić information content (AvgIpc) is 2.78. The van der Waals surface area contributed by atoms with Crippen molar-refractivity contribution in [1.82, 2.24) is 15.5 Å². The summed E-state index contributed by atoms with van der Waals surface area (Å²) in [5, 5.41) is 15.6. The number of hydrogen-bond acceptors (Lipinski definition) is 3. The molecule has 0 spiro atoms. The Morgan fingerprint density at radius 3 is 2.57 bits per heavy atom. The maximum Gasteiger partial charge on any atom is 0.314 e. The van der Waals surface area contributed by atoms with Crippen molar-refractivity contribution in [3.8, 4) is 0 Å². The van der Waals surface area contributed by atoms with E-state index in [0.717, 1.165) is 19.5 Å². The van der Waals surface area contributed by atoms with E-state index in [1.807, 2.05) is 20.8 Å². The van der Waals surface area contributed by atoms with Gasteiger partial charge in [-0.25, -0.2) is 4.79 Å². The van der Waals surface area contributed by atoms with E-state index < -0.39 is 6.10 Å². The highest BCUT2D eigenvalue weighted by Crippen LogP contribution is 2.19. The van der Waals surface area contributed by atoms with Gasteiger partial charge in [0, 0.05) is 25.7 Å². The molecule has 0 aromatic rings. The molecule has 0 aliphatic carbocycles. The predicted molar refractivity (Wildman–Crippen MR) is 86.3 cm³/mol. The average molecular weight is 299 g/mol. The zero-order valence-corrected chi connectivity index (χ0v) is 14.3. The molecule has 1 fully saturated rings. The maximum atomic E-state index is 11.8. The van der Waals surface area contributed by atoms with Crippen molar-refractivity contribution in [3.63, 3.8) is 0 Å². The minimum atomic E-state index is -0.535. The smallest absolute Gasteiger partial charge is 0.314 e. The van der Waals surface area contributed by atoms with E-state index in [1.54, 1.807) is 0 Å². The molecule has 5 nitrogen and oxygen atoms in total. The molecule has 2 amide bonds. The SMILES string of the molecule is CC(C)CN1CCC[C@H]1CNC(=O)NCC(O)C(C)(C)C. The number of urea groups is 1. The quantitative estimate of drug-likeness (QED) is 0.701. The van der Waals surface area contributed by atoms with Crippen molar-refractivity contribution < 1.29 is 9.90 Å². The molecular formula is C16H33N3O2. The van der Waals surface area contributed by atoms with Crippen LogP contribution in [0.15, 0.2) is 0 Å². The van der Waals surface area contributed by atoms with Crippen LogP contribution in [0, 0.1) is 11.3 Å². The van der Waals surface area contributed by atoms with E-state index in [1.165, 1.54) is 6.42 Å². The topological polar surface area (TPSA) is 64.6 Å². The Labute approximate surface area is 129 Å². The van der Waals surface area contributed by atoms with Crippen LogP contribution in [-0.2, 0) is 0 Å². The Kier molecular flexibility index (Phi) is 6.94. The minimum Gasteiger partial charge on any atom is -0.391 e. The fourth-order valence-electron chi connectivity index (χ4n) is 2.60. The zero-order valence-electron chi connectivity index (χ0n) is 14.3. The number of hydrogen-bond donors (Lipinski definition) is 3. The Hall–Kier alpha value is -0.810. The number of rotatable bonds is 6. The first kappa shape index (κ1) is 18.2. The normalized spacial score (nSPS) is 21.6. The van der Waals surface area contributed by atoms with Gasteiger partial charge in [-0.3, -0.25) is 4.90 Å². The van der Waals surface area contributed by atoms with Crippen LogP contribution in [-0.4, -0.2) is 54.4 Å². The number of amides is 2. The Bertz CT molecular complexity index is 326. The van der Waals surface area contributed by atoms with Gasteiger partial charge in [0.2, 0.25) is 0 Å². The van der Waals surface area contributed by atoms with Gasteiger partial charge in [0.05, 0.1) is 6.10 Å². The van der Waals surface area contributed by atoms with Crippen molar-refractivity contribution in [2.45, 2.75) is 59.6 Å². The molecule has 21 heavy (non-hydrogen) atoms. The third kappa shape index (κ3) is 6.66. The van der Waals surface area contributed by atoms with Crippen molar-refractivity contribution in [2.75, 3.05) is 26.2 Å². The van der Waals surface area contributed by atoms with E-state index in [9.17, 15) is 9.90 Å². The maximum absolute atomic E-state index is 11.8. The number of aliphatic hydroxyl groups excluding tert-OH is 1. The molecule has 2 atom stereocenters. The first-order valence-electron chi connectivity index (χ1n) is 8.14. The molecule has 1 aliphatic rings. The lowest BCUT2D eigenvalue weighted by atomic mass is 9.89. The van der Waals surface area contributed by atoms with E-state index in [0.29, 0.717) is 18.5 Å². The van der Waals surface area contributed by atoms with E-state index in [4.69, 9.17) is 0 Å². The van der Waals surface area contributed by atoms with Gasteiger partial charge in [-0.1, -0.05) is 34.6 Å². The lowest BCUT2D eigenvalue weighted by Crippen LogP contribution is -2.47. The second-order valence-electron chi connectivity index (χ2n) is 7.66. The molecule has 0 aromatic carbocycles. The molecule has 1 unspecified atom stereocenters. The fraction of sp³-hybridized carbons (Fsp3) is 0.938. The predicted octanol–water partition coefficient (Wildman–Crippen LogP) is 1.81. The van der Waals surface area contributed by atoms with Crippen LogP contribution in [0.1, 0.15) is 47.5 Å². The number of aliphatic hydroxyl groups is 1. The summed E-state index contributed by atoms with van der Waals surface area (Å²) in [6.07, 6.45) is 1.83. The van der Waals surface area contributed by atoms with Crippen LogP contribution in [0.25, 0.3) is 0 Å². The Morgan fingerprint density at radius 2 is 2.00 bits per heavy atom. The Balaban J connectivity index is 2.26. The second-order valence-corrected chi connectivity index (χ2v) is 7.66. The van der Waals surface area contributed by atoms with Gasteiger partial charge in [0.1, 0.15) is 0 Å². The van der Waals surface area contributed by atoms with Gasteiger partial charge >= 0.3 is 6.03 Å². The number of likely N-dealkylation sites (tertiary alicyclic amines) is 1. The van der Waals surface area contributed by atoms with Gasteiger partial charge in [-0.2, -0.15) is 0 Å². The second kappa shape index (κ2) is 7.99. The molecule has 3 N–H and O–H groups in total. The van der Waals surface area contributed by atoms with Crippen LogP contribution in [0.3, 0.4) is 0 Å². The lowest BCUT2D eigenvalue weighted by Gasteiger charge is -2.27.